The van der Waals surface area contributed by atoms with Crippen LogP contribution in [-0.4, -0.2) is 21.0 Å². The number of rotatable bonds is 5. The van der Waals surface area contributed by atoms with Gasteiger partial charge in [-0.05, 0) is 30.0 Å². The standard InChI is InChI=1S/C18H15ClFN3OS/c1-25-17-21-11-22-23(17)10-18(12-6-8-13(20)9-7-12)16(24-18)14-4-2-3-5-15(14)19/h2-9,11,16H,10H2,1H3/t16-,18-/m1/s1. The molecule has 1 fully saturated rings. The summed E-state index contributed by atoms with van der Waals surface area (Å²) < 4.78 is 21.4. The SMILES string of the molecule is CSc1ncnn1C[C@]1(c2ccc(F)cc2)O[C@@H]1c1ccccc1Cl. The first-order valence-corrected chi connectivity index (χ1v) is 9.34. The second-order valence-corrected chi connectivity index (χ2v) is 7.00. The Balaban J connectivity index is 1.75. The summed E-state index contributed by atoms with van der Waals surface area (Å²) in [5, 5.41) is 5.76. The number of benzene rings is 2. The van der Waals surface area contributed by atoms with E-state index >= 15 is 0 Å². The van der Waals surface area contributed by atoms with E-state index in [2.05, 4.69) is 10.1 Å². The van der Waals surface area contributed by atoms with Gasteiger partial charge in [-0.15, -0.1) is 0 Å². The molecule has 25 heavy (non-hydrogen) atoms. The zero-order chi connectivity index (χ0) is 17.4. The highest BCUT2D eigenvalue weighted by Crippen LogP contribution is 2.59. The van der Waals surface area contributed by atoms with Gasteiger partial charge in [0.05, 0.1) is 6.54 Å². The summed E-state index contributed by atoms with van der Waals surface area (Å²) in [4.78, 5) is 4.24. The van der Waals surface area contributed by atoms with Gasteiger partial charge in [-0.2, -0.15) is 5.10 Å². The van der Waals surface area contributed by atoms with Crippen LogP contribution >= 0.6 is 23.4 Å². The summed E-state index contributed by atoms with van der Waals surface area (Å²) in [7, 11) is 0. The lowest BCUT2D eigenvalue weighted by Gasteiger charge is -2.15. The van der Waals surface area contributed by atoms with E-state index in [1.165, 1.54) is 30.2 Å². The third-order valence-corrected chi connectivity index (χ3v) is 5.39. The van der Waals surface area contributed by atoms with Gasteiger partial charge in [0, 0.05) is 10.6 Å². The second kappa shape index (κ2) is 6.44. The predicted octanol–water partition coefficient (Wildman–Crippen LogP) is 4.46. The van der Waals surface area contributed by atoms with Crippen LogP contribution in [0, 0.1) is 5.82 Å². The maximum absolute atomic E-state index is 13.4. The summed E-state index contributed by atoms with van der Waals surface area (Å²) in [6.07, 6.45) is 3.26. The molecule has 0 aliphatic carbocycles. The fourth-order valence-electron chi connectivity index (χ4n) is 3.08. The topological polar surface area (TPSA) is 43.2 Å². The Morgan fingerprint density at radius 2 is 2.00 bits per heavy atom. The molecule has 0 radical (unpaired) electrons. The summed E-state index contributed by atoms with van der Waals surface area (Å²) in [6.45, 7) is 0.477. The number of nitrogens with zero attached hydrogens (tertiary/aromatic N) is 3. The molecule has 1 aromatic heterocycles. The van der Waals surface area contributed by atoms with Crippen LogP contribution < -0.4 is 0 Å². The normalized spacial score (nSPS) is 22.1. The Hall–Kier alpha value is -1.89. The quantitative estimate of drug-likeness (QED) is 0.488. The minimum atomic E-state index is -0.642. The van der Waals surface area contributed by atoms with Gasteiger partial charge in [-0.1, -0.05) is 53.7 Å². The number of halogens is 2. The number of thioether (sulfide) groups is 1. The predicted molar refractivity (Wildman–Crippen MR) is 95.2 cm³/mol. The van der Waals surface area contributed by atoms with Crippen LogP contribution in [0.25, 0.3) is 0 Å². The highest BCUT2D eigenvalue weighted by molar-refractivity contribution is 7.98. The highest BCUT2D eigenvalue weighted by Gasteiger charge is 2.59. The number of ether oxygens (including phenoxy) is 1. The molecule has 0 bridgehead atoms. The number of aromatic nitrogens is 3. The van der Waals surface area contributed by atoms with Gasteiger partial charge < -0.3 is 4.74 Å². The molecular formula is C18H15ClFN3OS. The molecule has 3 aromatic rings. The molecule has 2 atom stereocenters. The van der Waals surface area contributed by atoms with Crippen molar-refractivity contribution in [3.8, 4) is 0 Å². The van der Waals surface area contributed by atoms with Gasteiger partial charge in [0.1, 0.15) is 23.8 Å². The molecule has 0 N–H and O–H groups in total. The highest BCUT2D eigenvalue weighted by atomic mass is 35.5. The summed E-state index contributed by atoms with van der Waals surface area (Å²) in [5.74, 6) is -0.278. The van der Waals surface area contributed by atoms with Crippen molar-refractivity contribution in [2.75, 3.05) is 6.26 Å². The largest absolute Gasteiger partial charge is 0.354 e. The van der Waals surface area contributed by atoms with E-state index in [9.17, 15) is 4.39 Å². The van der Waals surface area contributed by atoms with Crippen molar-refractivity contribution in [2.24, 2.45) is 0 Å². The van der Waals surface area contributed by atoms with Gasteiger partial charge in [-0.25, -0.2) is 14.1 Å². The van der Waals surface area contributed by atoms with Crippen molar-refractivity contribution in [1.29, 1.82) is 0 Å². The van der Waals surface area contributed by atoms with Gasteiger partial charge in [0.2, 0.25) is 0 Å². The second-order valence-electron chi connectivity index (χ2n) is 5.82. The van der Waals surface area contributed by atoms with E-state index in [1.807, 2.05) is 35.2 Å². The van der Waals surface area contributed by atoms with Crippen molar-refractivity contribution in [1.82, 2.24) is 14.8 Å². The fourth-order valence-corrected chi connectivity index (χ4v) is 3.79. The maximum atomic E-state index is 13.4. The number of epoxide rings is 1. The fraction of sp³-hybridized carbons (Fsp3) is 0.222. The smallest absolute Gasteiger partial charge is 0.185 e. The lowest BCUT2D eigenvalue weighted by Crippen LogP contribution is -2.20. The molecule has 128 valence electrons. The third-order valence-electron chi connectivity index (χ3n) is 4.36. The molecule has 0 spiro atoms. The molecular weight excluding hydrogens is 361 g/mol. The molecule has 2 aromatic carbocycles. The van der Waals surface area contributed by atoms with E-state index in [1.54, 1.807) is 12.1 Å². The first kappa shape index (κ1) is 16.6. The number of hydrogen-bond acceptors (Lipinski definition) is 4. The summed E-state index contributed by atoms with van der Waals surface area (Å²) in [5.41, 5.74) is 1.16. The molecule has 1 saturated heterocycles. The van der Waals surface area contributed by atoms with Crippen LogP contribution in [0.2, 0.25) is 5.02 Å². The minimum Gasteiger partial charge on any atom is -0.354 e. The van der Waals surface area contributed by atoms with Crippen LogP contribution in [0.5, 0.6) is 0 Å². The lowest BCUT2D eigenvalue weighted by molar-refractivity contribution is 0.256. The van der Waals surface area contributed by atoms with Crippen molar-refractivity contribution >= 4 is 23.4 Å². The molecule has 0 saturated carbocycles. The zero-order valence-corrected chi connectivity index (χ0v) is 15.0. The van der Waals surface area contributed by atoms with Gasteiger partial charge in [0.15, 0.2) is 5.16 Å². The van der Waals surface area contributed by atoms with Crippen LogP contribution in [-0.2, 0) is 16.9 Å². The van der Waals surface area contributed by atoms with Gasteiger partial charge >= 0.3 is 0 Å². The Bertz CT molecular complexity index is 901. The Labute approximate surface area is 154 Å². The molecule has 2 heterocycles. The first-order valence-electron chi connectivity index (χ1n) is 7.74. The monoisotopic (exact) mass is 375 g/mol. The summed E-state index contributed by atoms with van der Waals surface area (Å²) >= 11 is 7.88. The zero-order valence-electron chi connectivity index (χ0n) is 13.4. The third kappa shape index (κ3) is 2.94. The molecule has 4 nitrogen and oxygen atoms in total. The molecule has 1 aliphatic heterocycles. The Morgan fingerprint density at radius 1 is 1.24 bits per heavy atom. The van der Waals surface area contributed by atoms with Crippen LogP contribution in [0.4, 0.5) is 4.39 Å². The van der Waals surface area contributed by atoms with E-state index in [4.69, 9.17) is 16.3 Å². The maximum Gasteiger partial charge on any atom is 0.185 e. The molecule has 0 amide bonds. The van der Waals surface area contributed by atoms with Crippen molar-refractivity contribution < 1.29 is 9.13 Å². The van der Waals surface area contributed by atoms with Crippen LogP contribution in [0.1, 0.15) is 17.2 Å². The van der Waals surface area contributed by atoms with Crippen molar-refractivity contribution in [3.63, 3.8) is 0 Å². The van der Waals surface area contributed by atoms with Crippen LogP contribution in [0.15, 0.2) is 60.0 Å². The first-order chi connectivity index (χ1) is 12.1. The van der Waals surface area contributed by atoms with E-state index in [0.717, 1.165) is 16.3 Å². The van der Waals surface area contributed by atoms with Crippen LogP contribution in [0.3, 0.4) is 0 Å². The molecule has 0 unspecified atom stereocenters. The number of hydrogen-bond donors (Lipinski definition) is 0. The minimum absolute atomic E-state index is 0.217. The Morgan fingerprint density at radius 3 is 2.72 bits per heavy atom. The molecule has 7 heteroatoms. The van der Waals surface area contributed by atoms with Gasteiger partial charge in [-0.3, -0.25) is 0 Å². The van der Waals surface area contributed by atoms with Crippen molar-refractivity contribution in [3.05, 3.63) is 76.8 Å². The average Bonchev–Trinajstić information content (AvgIpc) is 3.16. The van der Waals surface area contributed by atoms with E-state index in [-0.39, 0.29) is 11.9 Å². The van der Waals surface area contributed by atoms with E-state index < -0.39 is 5.60 Å². The lowest BCUT2D eigenvalue weighted by atomic mass is 9.91. The van der Waals surface area contributed by atoms with Gasteiger partial charge in [0.25, 0.3) is 0 Å². The van der Waals surface area contributed by atoms with Crippen molar-refractivity contribution in [2.45, 2.75) is 23.4 Å². The molecule has 4 rings (SSSR count). The summed E-state index contributed by atoms with van der Waals surface area (Å²) in [6, 6.07) is 14.0. The Kier molecular flexibility index (Phi) is 4.27. The van der Waals surface area contributed by atoms with E-state index in [0.29, 0.717) is 11.6 Å². The molecule has 1 aliphatic rings. The average molecular weight is 376 g/mol.